The third-order valence-corrected chi connectivity index (χ3v) is 4.17. The van der Waals surface area contributed by atoms with E-state index in [2.05, 4.69) is 19.2 Å². The lowest BCUT2D eigenvalue weighted by molar-refractivity contribution is 0.113. The van der Waals surface area contributed by atoms with Gasteiger partial charge in [0.25, 0.3) is 0 Å². The first kappa shape index (κ1) is 15.3. The summed E-state index contributed by atoms with van der Waals surface area (Å²) in [5.74, 6) is 0.322. The maximum Gasteiger partial charge on any atom is 0.0690 e. The Kier molecular flexibility index (Phi) is 6.54. The SMILES string of the molecule is CCC(C)C(O)CNCc1ccc(S(C)=O)cc1. The van der Waals surface area contributed by atoms with Crippen LogP contribution in [0.2, 0.25) is 0 Å². The molecule has 0 radical (unpaired) electrons. The smallest absolute Gasteiger partial charge is 0.0690 e. The van der Waals surface area contributed by atoms with E-state index in [9.17, 15) is 9.32 Å². The Morgan fingerprint density at radius 1 is 1.33 bits per heavy atom. The number of aliphatic hydroxyl groups excluding tert-OH is 1. The second kappa shape index (κ2) is 7.67. The van der Waals surface area contributed by atoms with Crippen molar-refractivity contribution in [3.63, 3.8) is 0 Å². The van der Waals surface area contributed by atoms with Crippen molar-refractivity contribution in [3.8, 4) is 0 Å². The van der Waals surface area contributed by atoms with Crippen molar-refractivity contribution < 1.29 is 9.32 Å². The van der Waals surface area contributed by atoms with E-state index in [4.69, 9.17) is 0 Å². The summed E-state index contributed by atoms with van der Waals surface area (Å²) < 4.78 is 11.2. The second-order valence-electron chi connectivity index (χ2n) is 4.68. The van der Waals surface area contributed by atoms with E-state index in [0.29, 0.717) is 12.5 Å². The first-order valence-electron chi connectivity index (χ1n) is 6.35. The van der Waals surface area contributed by atoms with Crippen LogP contribution in [-0.2, 0) is 17.3 Å². The number of nitrogens with one attached hydrogen (secondary N) is 1. The van der Waals surface area contributed by atoms with Gasteiger partial charge in [0.15, 0.2) is 0 Å². The highest BCUT2D eigenvalue weighted by molar-refractivity contribution is 7.84. The quantitative estimate of drug-likeness (QED) is 0.795. The predicted octanol–water partition coefficient (Wildman–Crippen LogP) is 1.92. The lowest BCUT2D eigenvalue weighted by Crippen LogP contribution is -2.31. The zero-order chi connectivity index (χ0) is 13.5. The summed E-state index contributed by atoms with van der Waals surface area (Å²) in [7, 11) is -0.918. The van der Waals surface area contributed by atoms with Crippen molar-refractivity contribution in [3.05, 3.63) is 29.8 Å². The highest BCUT2D eigenvalue weighted by Crippen LogP contribution is 2.08. The van der Waals surface area contributed by atoms with Gasteiger partial charge >= 0.3 is 0 Å². The lowest BCUT2D eigenvalue weighted by atomic mass is 10.0. The Bertz CT molecular complexity index is 378. The fraction of sp³-hybridized carbons (Fsp3) is 0.571. The maximum atomic E-state index is 11.2. The third-order valence-electron chi connectivity index (χ3n) is 3.24. The van der Waals surface area contributed by atoms with Crippen molar-refractivity contribution in [2.24, 2.45) is 5.92 Å². The summed E-state index contributed by atoms with van der Waals surface area (Å²) in [5.41, 5.74) is 1.14. The summed E-state index contributed by atoms with van der Waals surface area (Å²) in [6, 6.07) is 7.72. The normalized spacial score (nSPS) is 16.2. The lowest BCUT2D eigenvalue weighted by Gasteiger charge is -2.17. The molecule has 0 amide bonds. The third kappa shape index (κ3) is 4.88. The zero-order valence-corrected chi connectivity index (χ0v) is 12.2. The van der Waals surface area contributed by atoms with Crippen molar-refractivity contribution in [2.45, 2.75) is 37.8 Å². The molecule has 0 spiro atoms. The van der Waals surface area contributed by atoms with Crippen LogP contribution in [0.15, 0.2) is 29.2 Å². The standard InChI is InChI=1S/C14H23NO2S/c1-4-11(2)14(16)10-15-9-12-5-7-13(8-6-12)18(3)17/h5-8,11,14-16H,4,9-10H2,1-3H3. The van der Waals surface area contributed by atoms with Gasteiger partial charge in [-0.3, -0.25) is 4.21 Å². The summed E-state index contributed by atoms with van der Waals surface area (Å²) in [5, 5.41) is 13.0. The van der Waals surface area contributed by atoms with Gasteiger partial charge in [-0.2, -0.15) is 0 Å². The molecular weight excluding hydrogens is 246 g/mol. The molecular formula is C14H23NO2S. The summed E-state index contributed by atoms with van der Waals surface area (Å²) in [6.45, 7) is 5.47. The first-order valence-corrected chi connectivity index (χ1v) is 7.91. The molecule has 1 aromatic carbocycles. The van der Waals surface area contributed by atoms with E-state index >= 15 is 0 Å². The van der Waals surface area contributed by atoms with Crippen LogP contribution in [0, 0.1) is 5.92 Å². The Balaban J connectivity index is 2.38. The molecule has 1 rings (SSSR count). The molecule has 102 valence electrons. The van der Waals surface area contributed by atoms with Crippen molar-refractivity contribution >= 4 is 10.8 Å². The highest BCUT2D eigenvalue weighted by atomic mass is 32.2. The van der Waals surface area contributed by atoms with Gasteiger partial charge in [0.2, 0.25) is 0 Å². The van der Waals surface area contributed by atoms with Crippen LogP contribution < -0.4 is 5.32 Å². The molecule has 3 nitrogen and oxygen atoms in total. The predicted molar refractivity (Wildman–Crippen MR) is 75.9 cm³/mol. The highest BCUT2D eigenvalue weighted by Gasteiger charge is 2.11. The van der Waals surface area contributed by atoms with Gasteiger partial charge in [0.1, 0.15) is 0 Å². The molecule has 1 aromatic rings. The topological polar surface area (TPSA) is 49.3 Å². The number of benzene rings is 1. The molecule has 0 aromatic heterocycles. The molecule has 0 saturated heterocycles. The van der Waals surface area contributed by atoms with Gasteiger partial charge in [0, 0.05) is 35.0 Å². The maximum absolute atomic E-state index is 11.2. The summed E-state index contributed by atoms with van der Waals surface area (Å²) in [4.78, 5) is 0.846. The molecule has 2 N–H and O–H groups in total. The van der Waals surface area contributed by atoms with E-state index in [-0.39, 0.29) is 6.10 Å². The van der Waals surface area contributed by atoms with E-state index in [0.717, 1.165) is 23.4 Å². The fourth-order valence-electron chi connectivity index (χ4n) is 1.64. The van der Waals surface area contributed by atoms with Gasteiger partial charge < -0.3 is 10.4 Å². The molecule has 0 bridgehead atoms. The molecule has 4 heteroatoms. The van der Waals surface area contributed by atoms with E-state index < -0.39 is 10.8 Å². The van der Waals surface area contributed by atoms with Crippen molar-refractivity contribution in [1.82, 2.24) is 5.32 Å². The molecule has 0 saturated carbocycles. The Hall–Kier alpha value is -0.710. The molecule has 3 unspecified atom stereocenters. The molecule has 0 aliphatic heterocycles. The average Bonchev–Trinajstić information content (AvgIpc) is 2.38. The molecule has 0 aliphatic carbocycles. The van der Waals surface area contributed by atoms with Gasteiger partial charge in [-0.25, -0.2) is 0 Å². The largest absolute Gasteiger partial charge is 0.392 e. The molecule has 3 atom stereocenters. The van der Waals surface area contributed by atoms with Crippen LogP contribution in [0.3, 0.4) is 0 Å². The Labute approximate surface area is 112 Å². The van der Waals surface area contributed by atoms with Crippen LogP contribution >= 0.6 is 0 Å². The Morgan fingerprint density at radius 3 is 2.44 bits per heavy atom. The monoisotopic (exact) mass is 269 g/mol. The van der Waals surface area contributed by atoms with Gasteiger partial charge in [-0.15, -0.1) is 0 Å². The van der Waals surface area contributed by atoms with Gasteiger partial charge in [-0.05, 0) is 23.6 Å². The van der Waals surface area contributed by atoms with Crippen molar-refractivity contribution in [2.75, 3.05) is 12.8 Å². The van der Waals surface area contributed by atoms with Gasteiger partial charge in [0.05, 0.1) is 6.10 Å². The van der Waals surface area contributed by atoms with Crippen LogP contribution in [-0.4, -0.2) is 28.2 Å². The van der Waals surface area contributed by atoms with E-state index in [1.165, 1.54) is 0 Å². The minimum atomic E-state index is -0.918. The summed E-state index contributed by atoms with van der Waals surface area (Å²) >= 11 is 0. The minimum absolute atomic E-state index is 0.294. The fourth-order valence-corrected chi connectivity index (χ4v) is 2.16. The molecule has 0 heterocycles. The number of rotatable bonds is 7. The van der Waals surface area contributed by atoms with Crippen LogP contribution in [0.25, 0.3) is 0 Å². The second-order valence-corrected chi connectivity index (χ2v) is 6.06. The molecule has 18 heavy (non-hydrogen) atoms. The van der Waals surface area contributed by atoms with Crippen LogP contribution in [0.5, 0.6) is 0 Å². The Morgan fingerprint density at radius 2 is 1.94 bits per heavy atom. The van der Waals surface area contributed by atoms with Crippen LogP contribution in [0.4, 0.5) is 0 Å². The molecule has 0 aliphatic rings. The van der Waals surface area contributed by atoms with E-state index in [1.54, 1.807) is 6.26 Å². The number of hydrogen-bond donors (Lipinski definition) is 2. The number of hydrogen-bond acceptors (Lipinski definition) is 3. The first-order chi connectivity index (χ1) is 8.54. The minimum Gasteiger partial charge on any atom is -0.392 e. The zero-order valence-electron chi connectivity index (χ0n) is 11.3. The average molecular weight is 269 g/mol. The van der Waals surface area contributed by atoms with Crippen molar-refractivity contribution in [1.29, 1.82) is 0 Å². The van der Waals surface area contributed by atoms with Crippen LogP contribution in [0.1, 0.15) is 25.8 Å². The molecule has 0 fully saturated rings. The number of aliphatic hydroxyl groups is 1. The summed E-state index contributed by atoms with van der Waals surface area (Å²) in [6.07, 6.45) is 2.37. The van der Waals surface area contributed by atoms with E-state index in [1.807, 2.05) is 24.3 Å². The van der Waals surface area contributed by atoms with Gasteiger partial charge in [-0.1, -0.05) is 32.4 Å².